The van der Waals surface area contributed by atoms with Crippen molar-refractivity contribution in [3.8, 4) is 11.4 Å². The fourth-order valence-corrected chi connectivity index (χ4v) is 4.18. The lowest BCUT2D eigenvalue weighted by Gasteiger charge is -2.29. The van der Waals surface area contributed by atoms with Crippen LogP contribution in [0.1, 0.15) is 37.4 Å². The number of likely N-dealkylation sites (tertiary alicyclic amines) is 1. The van der Waals surface area contributed by atoms with E-state index in [1.807, 2.05) is 17.0 Å². The van der Waals surface area contributed by atoms with E-state index in [1.165, 1.54) is 19.4 Å². The van der Waals surface area contributed by atoms with Crippen molar-refractivity contribution in [1.29, 1.82) is 0 Å². The predicted molar refractivity (Wildman–Crippen MR) is 109 cm³/mol. The second-order valence-electron chi connectivity index (χ2n) is 7.74. The van der Waals surface area contributed by atoms with Crippen LogP contribution in [0.4, 0.5) is 5.82 Å². The number of hydrogen-bond donors (Lipinski definition) is 1. The summed E-state index contributed by atoms with van der Waals surface area (Å²) in [4.78, 5) is 29.9. The molecule has 7 heteroatoms. The SMILES string of the molecule is CC(=O)N1CCc2c(nc(-c3ccncc3)nc2NCCC2CCCN2C)C1. The number of aromatic nitrogens is 3. The van der Waals surface area contributed by atoms with Crippen LogP contribution in [-0.4, -0.2) is 63.4 Å². The maximum absolute atomic E-state index is 11.9. The molecule has 148 valence electrons. The molecular formula is C21H28N6O. The van der Waals surface area contributed by atoms with Crippen LogP contribution in [0, 0.1) is 0 Å². The summed E-state index contributed by atoms with van der Waals surface area (Å²) in [5.41, 5.74) is 3.04. The number of nitrogens with zero attached hydrogens (tertiary/aromatic N) is 5. The van der Waals surface area contributed by atoms with E-state index in [-0.39, 0.29) is 5.91 Å². The number of anilines is 1. The minimum absolute atomic E-state index is 0.0912. The van der Waals surface area contributed by atoms with Crippen LogP contribution in [0.2, 0.25) is 0 Å². The number of carbonyl (C=O) groups is 1. The highest BCUT2D eigenvalue weighted by molar-refractivity contribution is 5.74. The molecule has 0 bridgehead atoms. The highest BCUT2D eigenvalue weighted by Gasteiger charge is 2.25. The standard InChI is InChI=1S/C21H28N6O/c1-15(28)27-13-8-18-19(14-27)24-20(16-5-9-22-10-6-16)25-21(18)23-11-7-17-4-3-12-26(17)2/h5-6,9-10,17H,3-4,7-8,11-14H2,1-2H3,(H,23,24,25). The van der Waals surface area contributed by atoms with Crippen molar-refractivity contribution < 1.29 is 4.79 Å². The molecule has 0 aliphatic carbocycles. The first-order chi connectivity index (χ1) is 13.6. The Morgan fingerprint density at radius 1 is 1.25 bits per heavy atom. The van der Waals surface area contributed by atoms with Crippen LogP contribution in [0.15, 0.2) is 24.5 Å². The molecule has 2 aliphatic rings. The van der Waals surface area contributed by atoms with Crippen LogP contribution in [0.3, 0.4) is 0 Å². The molecule has 1 saturated heterocycles. The first-order valence-corrected chi connectivity index (χ1v) is 10.1. The smallest absolute Gasteiger partial charge is 0.219 e. The number of fused-ring (bicyclic) bond motifs is 1. The lowest BCUT2D eigenvalue weighted by Crippen LogP contribution is -2.35. The molecule has 1 atom stereocenters. The summed E-state index contributed by atoms with van der Waals surface area (Å²) in [5.74, 6) is 1.70. The minimum atomic E-state index is 0.0912. The van der Waals surface area contributed by atoms with Gasteiger partial charge in [-0.1, -0.05) is 0 Å². The van der Waals surface area contributed by atoms with Gasteiger partial charge in [0.1, 0.15) is 5.82 Å². The fourth-order valence-electron chi connectivity index (χ4n) is 4.18. The Kier molecular flexibility index (Phi) is 5.52. The topological polar surface area (TPSA) is 74.2 Å². The van der Waals surface area contributed by atoms with Gasteiger partial charge in [-0.25, -0.2) is 9.97 Å². The van der Waals surface area contributed by atoms with E-state index in [2.05, 4.69) is 22.2 Å². The number of amides is 1. The van der Waals surface area contributed by atoms with Gasteiger partial charge in [0.15, 0.2) is 5.82 Å². The second-order valence-corrected chi connectivity index (χ2v) is 7.74. The van der Waals surface area contributed by atoms with Crippen molar-refractivity contribution in [2.45, 2.75) is 45.2 Å². The molecule has 7 nitrogen and oxygen atoms in total. The predicted octanol–water partition coefficient (Wildman–Crippen LogP) is 2.34. The molecule has 0 spiro atoms. The van der Waals surface area contributed by atoms with Gasteiger partial charge in [0.05, 0.1) is 12.2 Å². The maximum Gasteiger partial charge on any atom is 0.219 e. The Hall–Kier alpha value is -2.54. The molecule has 0 radical (unpaired) electrons. The average Bonchev–Trinajstić information content (AvgIpc) is 3.12. The van der Waals surface area contributed by atoms with Gasteiger partial charge in [0, 0.05) is 49.6 Å². The molecule has 28 heavy (non-hydrogen) atoms. The van der Waals surface area contributed by atoms with Crippen LogP contribution in [0.25, 0.3) is 11.4 Å². The monoisotopic (exact) mass is 380 g/mol. The molecule has 4 rings (SSSR count). The van der Waals surface area contributed by atoms with Gasteiger partial charge in [-0.3, -0.25) is 9.78 Å². The van der Waals surface area contributed by atoms with Crippen molar-refractivity contribution >= 4 is 11.7 Å². The normalized spacial score (nSPS) is 19.5. The van der Waals surface area contributed by atoms with Crippen molar-refractivity contribution in [1.82, 2.24) is 24.8 Å². The van der Waals surface area contributed by atoms with Crippen molar-refractivity contribution in [3.05, 3.63) is 35.8 Å². The Balaban J connectivity index is 1.58. The Morgan fingerprint density at radius 2 is 2.07 bits per heavy atom. The van der Waals surface area contributed by atoms with E-state index in [4.69, 9.17) is 9.97 Å². The van der Waals surface area contributed by atoms with Crippen LogP contribution < -0.4 is 5.32 Å². The molecule has 2 aromatic heterocycles. The number of hydrogen-bond acceptors (Lipinski definition) is 6. The first kappa shape index (κ1) is 18.8. The van der Waals surface area contributed by atoms with Gasteiger partial charge in [-0.05, 0) is 51.4 Å². The molecule has 1 unspecified atom stereocenters. The lowest BCUT2D eigenvalue weighted by molar-refractivity contribution is -0.129. The zero-order valence-electron chi connectivity index (χ0n) is 16.7. The van der Waals surface area contributed by atoms with Gasteiger partial charge >= 0.3 is 0 Å². The van der Waals surface area contributed by atoms with Crippen LogP contribution in [0.5, 0.6) is 0 Å². The molecule has 0 saturated carbocycles. The summed E-state index contributed by atoms with van der Waals surface area (Å²) in [6.45, 7) is 4.98. The molecule has 0 aromatic carbocycles. The Labute approximate surface area is 166 Å². The van der Waals surface area contributed by atoms with E-state index in [0.29, 0.717) is 18.4 Å². The maximum atomic E-state index is 11.9. The van der Waals surface area contributed by atoms with E-state index in [0.717, 1.165) is 48.6 Å². The fraction of sp³-hybridized carbons (Fsp3) is 0.524. The largest absolute Gasteiger partial charge is 0.370 e. The van der Waals surface area contributed by atoms with Crippen molar-refractivity contribution in [2.75, 3.05) is 32.0 Å². The second kappa shape index (κ2) is 8.22. The third-order valence-electron chi connectivity index (χ3n) is 5.89. The molecule has 1 fully saturated rings. The summed E-state index contributed by atoms with van der Waals surface area (Å²) in [7, 11) is 2.21. The number of rotatable bonds is 5. The molecule has 4 heterocycles. The molecular weight excluding hydrogens is 352 g/mol. The summed E-state index contributed by atoms with van der Waals surface area (Å²) < 4.78 is 0. The molecule has 2 aromatic rings. The van der Waals surface area contributed by atoms with Gasteiger partial charge in [0.2, 0.25) is 5.91 Å². The zero-order valence-corrected chi connectivity index (χ0v) is 16.7. The summed E-state index contributed by atoms with van der Waals surface area (Å²) in [5, 5.41) is 3.58. The summed E-state index contributed by atoms with van der Waals surface area (Å²) in [6, 6.07) is 4.49. The van der Waals surface area contributed by atoms with E-state index in [1.54, 1.807) is 19.3 Å². The third kappa shape index (κ3) is 3.99. The lowest BCUT2D eigenvalue weighted by atomic mass is 10.0. The highest BCUT2D eigenvalue weighted by Crippen LogP contribution is 2.27. The highest BCUT2D eigenvalue weighted by atomic mass is 16.2. The zero-order chi connectivity index (χ0) is 19.5. The quantitative estimate of drug-likeness (QED) is 0.858. The third-order valence-corrected chi connectivity index (χ3v) is 5.89. The number of nitrogens with one attached hydrogen (secondary N) is 1. The number of carbonyl (C=O) groups excluding carboxylic acids is 1. The number of pyridine rings is 1. The van der Waals surface area contributed by atoms with E-state index >= 15 is 0 Å². The van der Waals surface area contributed by atoms with Gasteiger partial charge in [0.25, 0.3) is 0 Å². The first-order valence-electron chi connectivity index (χ1n) is 10.1. The van der Waals surface area contributed by atoms with Crippen molar-refractivity contribution in [3.63, 3.8) is 0 Å². The van der Waals surface area contributed by atoms with Gasteiger partial charge in [-0.2, -0.15) is 0 Å². The van der Waals surface area contributed by atoms with Crippen LogP contribution in [-0.2, 0) is 17.8 Å². The van der Waals surface area contributed by atoms with Crippen molar-refractivity contribution in [2.24, 2.45) is 0 Å². The average molecular weight is 380 g/mol. The summed E-state index contributed by atoms with van der Waals surface area (Å²) >= 11 is 0. The van der Waals surface area contributed by atoms with Crippen LogP contribution >= 0.6 is 0 Å². The Bertz CT molecular complexity index is 840. The molecule has 1 amide bonds. The summed E-state index contributed by atoms with van der Waals surface area (Å²) in [6.07, 6.45) is 7.97. The van der Waals surface area contributed by atoms with Gasteiger partial charge in [-0.15, -0.1) is 0 Å². The Morgan fingerprint density at radius 3 is 2.79 bits per heavy atom. The molecule has 1 N–H and O–H groups in total. The molecule has 2 aliphatic heterocycles. The van der Waals surface area contributed by atoms with E-state index in [9.17, 15) is 4.79 Å². The minimum Gasteiger partial charge on any atom is -0.370 e. The van der Waals surface area contributed by atoms with E-state index < -0.39 is 0 Å². The van der Waals surface area contributed by atoms with Gasteiger partial charge < -0.3 is 15.1 Å².